The highest BCUT2D eigenvalue weighted by Gasteiger charge is 2.35. The third kappa shape index (κ3) is 3.93. The van der Waals surface area contributed by atoms with Gasteiger partial charge in [0.25, 0.3) is 5.56 Å². The maximum absolute atomic E-state index is 12.9. The molecular formula is C22H29N5O3S. The molecule has 0 aromatic carbocycles. The van der Waals surface area contributed by atoms with Crippen LogP contribution in [0.5, 0.6) is 0 Å². The highest BCUT2D eigenvalue weighted by Crippen LogP contribution is 2.36. The molecule has 1 atom stereocenters. The molecule has 3 aromatic heterocycles. The number of hydrogen-bond acceptors (Lipinski definition) is 6. The number of fused-ring (bicyclic) bond motifs is 1. The molecule has 1 saturated heterocycles. The van der Waals surface area contributed by atoms with Crippen LogP contribution >= 0.6 is 0 Å². The van der Waals surface area contributed by atoms with Crippen LogP contribution in [-0.2, 0) is 23.6 Å². The summed E-state index contributed by atoms with van der Waals surface area (Å²) in [5, 5.41) is 3.62. The molecule has 3 aromatic rings. The molecule has 1 aliphatic rings. The first-order valence-electron chi connectivity index (χ1n) is 10.3. The molecule has 4 rings (SSSR count). The third-order valence-corrected chi connectivity index (χ3v) is 7.27. The number of hydrogen-bond donors (Lipinski definition) is 1. The molecule has 0 spiro atoms. The zero-order valence-corrected chi connectivity index (χ0v) is 19.5. The molecule has 0 saturated carbocycles. The Kier molecular flexibility index (Phi) is 5.76. The van der Waals surface area contributed by atoms with Crippen LogP contribution in [0.1, 0.15) is 19.6 Å². The van der Waals surface area contributed by atoms with Gasteiger partial charge in [0.15, 0.2) is 0 Å². The fourth-order valence-corrected chi connectivity index (χ4v) is 4.83. The standard InChI is InChI=1S/C22H29N5O3S/c1-22(2,26-8-10-27(11-9-26)31(5)29)18-13-16-20(30-18)17(14-25(4)21(16)28)15-6-7-24-19(12-15)23-3/h6-7,12-14H,8-11H2,1-5H3,(H,23,24). The van der Waals surface area contributed by atoms with Crippen molar-refractivity contribution in [2.24, 2.45) is 7.05 Å². The van der Waals surface area contributed by atoms with Crippen LogP contribution < -0.4 is 10.9 Å². The number of nitrogens with one attached hydrogen (secondary N) is 1. The van der Waals surface area contributed by atoms with Crippen molar-refractivity contribution in [1.82, 2.24) is 18.8 Å². The van der Waals surface area contributed by atoms with E-state index in [-0.39, 0.29) is 5.56 Å². The Morgan fingerprint density at radius 2 is 1.90 bits per heavy atom. The predicted molar refractivity (Wildman–Crippen MR) is 124 cm³/mol. The monoisotopic (exact) mass is 443 g/mol. The van der Waals surface area contributed by atoms with E-state index < -0.39 is 16.5 Å². The average molecular weight is 444 g/mol. The van der Waals surface area contributed by atoms with Gasteiger partial charge in [0.05, 0.1) is 21.9 Å². The third-order valence-electron chi connectivity index (χ3n) is 6.17. The van der Waals surface area contributed by atoms with E-state index in [0.717, 1.165) is 48.9 Å². The second-order valence-corrected chi connectivity index (χ2v) is 9.75. The van der Waals surface area contributed by atoms with Crippen molar-refractivity contribution in [2.75, 3.05) is 44.8 Å². The van der Waals surface area contributed by atoms with E-state index in [9.17, 15) is 9.00 Å². The van der Waals surface area contributed by atoms with E-state index in [1.165, 1.54) is 0 Å². The summed E-state index contributed by atoms with van der Waals surface area (Å²) in [7, 11) is 2.63. The number of aromatic nitrogens is 2. The highest BCUT2D eigenvalue weighted by molar-refractivity contribution is 7.81. The molecule has 1 aliphatic heterocycles. The summed E-state index contributed by atoms with van der Waals surface area (Å²) in [4.78, 5) is 19.5. The Balaban J connectivity index is 1.78. The van der Waals surface area contributed by atoms with Gasteiger partial charge in [-0.3, -0.25) is 9.69 Å². The Morgan fingerprint density at radius 1 is 1.19 bits per heavy atom. The number of rotatable bonds is 5. The topological polar surface area (TPSA) is 83.6 Å². The minimum atomic E-state index is -0.955. The van der Waals surface area contributed by atoms with Crippen LogP contribution in [0.2, 0.25) is 0 Å². The van der Waals surface area contributed by atoms with Gasteiger partial charge in [0.1, 0.15) is 17.2 Å². The van der Waals surface area contributed by atoms with Gasteiger partial charge in [-0.25, -0.2) is 13.5 Å². The molecule has 166 valence electrons. The Labute approximate surface area is 184 Å². The summed E-state index contributed by atoms with van der Waals surface area (Å²) in [6.07, 6.45) is 5.27. The van der Waals surface area contributed by atoms with E-state index >= 15 is 0 Å². The largest absolute Gasteiger partial charge is 0.458 e. The first-order chi connectivity index (χ1) is 14.7. The van der Waals surface area contributed by atoms with Crippen LogP contribution in [0.25, 0.3) is 22.1 Å². The fourth-order valence-electron chi connectivity index (χ4n) is 4.15. The number of pyridine rings is 2. The molecule has 4 heterocycles. The van der Waals surface area contributed by atoms with Gasteiger partial charge in [-0.15, -0.1) is 0 Å². The second-order valence-electron chi connectivity index (χ2n) is 8.39. The van der Waals surface area contributed by atoms with Crippen molar-refractivity contribution in [1.29, 1.82) is 0 Å². The highest BCUT2D eigenvalue weighted by atomic mass is 32.2. The molecule has 8 nitrogen and oxygen atoms in total. The summed E-state index contributed by atoms with van der Waals surface area (Å²) >= 11 is 0. The van der Waals surface area contributed by atoms with Gasteiger partial charge in [-0.2, -0.15) is 0 Å². The van der Waals surface area contributed by atoms with E-state index in [2.05, 4.69) is 29.0 Å². The minimum Gasteiger partial charge on any atom is -0.458 e. The smallest absolute Gasteiger partial charge is 0.261 e. The normalized spacial score (nSPS) is 17.2. The maximum Gasteiger partial charge on any atom is 0.261 e. The summed E-state index contributed by atoms with van der Waals surface area (Å²) < 4.78 is 21.7. The zero-order valence-electron chi connectivity index (χ0n) is 18.6. The van der Waals surface area contributed by atoms with Crippen LogP contribution in [0.4, 0.5) is 5.82 Å². The predicted octanol–water partition coefficient (Wildman–Crippen LogP) is 2.38. The lowest BCUT2D eigenvalue weighted by atomic mass is 9.98. The van der Waals surface area contributed by atoms with Gasteiger partial charge < -0.3 is 14.3 Å². The number of anilines is 1. The zero-order chi connectivity index (χ0) is 22.3. The first-order valence-corrected chi connectivity index (χ1v) is 11.8. The maximum atomic E-state index is 12.9. The molecule has 0 bridgehead atoms. The van der Waals surface area contributed by atoms with Gasteiger partial charge in [0.2, 0.25) is 0 Å². The Hall–Kier alpha value is -2.49. The van der Waals surface area contributed by atoms with Crippen LogP contribution in [0.15, 0.2) is 39.8 Å². The summed E-state index contributed by atoms with van der Waals surface area (Å²) in [6.45, 7) is 7.26. The second kappa shape index (κ2) is 8.22. The molecule has 0 aliphatic carbocycles. The number of furan rings is 1. The number of aryl methyl sites for hydroxylation is 1. The molecule has 1 unspecified atom stereocenters. The fraction of sp³-hybridized carbons (Fsp3) is 0.455. The van der Waals surface area contributed by atoms with Crippen molar-refractivity contribution in [3.8, 4) is 11.1 Å². The average Bonchev–Trinajstić information content (AvgIpc) is 3.23. The molecule has 1 N–H and O–H groups in total. The van der Waals surface area contributed by atoms with Crippen LogP contribution in [-0.4, -0.2) is 62.4 Å². The number of nitrogens with zero attached hydrogens (tertiary/aromatic N) is 4. The summed E-state index contributed by atoms with van der Waals surface area (Å²) in [6, 6.07) is 5.74. The van der Waals surface area contributed by atoms with E-state index in [4.69, 9.17) is 4.42 Å². The first kappa shape index (κ1) is 21.7. The van der Waals surface area contributed by atoms with Gasteiger partial charge >= 0.3 is 0 Å². The van der Waals surface area contributed by atoms with E-state index in [1.54, 1.807) is 24.1 Å². The quantitative estimate of drug-likeness (QED) is 0.652. The van der Waals surface area contributed by atoms with Crippen molar-refractivity contribution < 1.29 is 8.63 Å². The molecule has 0 amide bonds. The lowest BCUT2D eigenvalue weighted by Crippen LogP contribution is -2.53. The van der Waals surface area contributed by atoms with Gasteiger partial charge in [0, 0.05) is 64.5 Å². The summed E-state index contributed by atoms with van der Waals surface area (Å²) in [5.41, 5.74) is 1.88. The van der Waals surface area contributed by atoms with Crippen LogP contribution in [0.3, 0.4) is 0 Å². The molecule has 0 radical (unpaired) electrons. The lowest BCUT2D eigenvalue weighted by Gasteiger charge is -2.42. The van der Waals surface area contributed by atoms with Gasteiger partial charge in [-0.05, 0) is 37.6 Å². The van der Waals surface area contributed by atoms with Gasteiger partial charge in [-0.1, -0.05) is 0 Å². The summed E-state index contributed by atoms with van der Waals surface area (Å²) in [5.74, 6) is 1.50. The SMILES string of the molecule is CNc1cc(-c2cn(C)c(=O)c3cc(C(C)(C)N4CCN(S(C)=O)CC4)oc23)ccn1. The van der Waals surface area contributed by atoms with Crippen molar-refractivity contribution in [2.45, 2.75) is 19.4 Å². The Morgan fingerprint density at radius 3 is 2.55 bits per heavy atom. The lowest BCUT2D eigenvalue weighted by molar-refractivity contribution is 0.0642. The minimum absolute atomic E-state index is 0.0846. The Bertz CT molecular complexity index is 1190. The van der Waals surface area contributed by atoms with E-state index in [1.807, 2.05) is 35.7 Å². The van der Waals surface area contributed by atoms with Crippen molar-refractivity contribution >= 4 is 27.8 Å². The molecule has 31 heavy (non-hydrogen) atoms. The molecular weight excluding hydrogens is 414 g/mol. The molecule has 1 fully saturated rings. The van der Waals surface area contributed by atoms with Crippen molar-refractivity contribution in [3.05, 3.63) is 46.7 Å². The number of piperazine rings is 1. The van der Waals surface area contributed by atoms with Crippen molar-refractivity contribution in [3.63, 3.8) is 0 Å². The molecule has 9 heteroatoms. The van der Waals surface area contributed by atoms with Crippen LogP contribution in [0, 0.1) is 0 Å². The van der Waals surface area contributed by atoms with E-state index in [0.29, 0.717) is 11.0 Å².